The standard InChI is InChI=1S/C92H106Cl2F3N11O34/c1-34(2)18-49(100-5)82(126)106-65-67(115)38-13-16-53(47(93)22-38)133-55-24-41-25-56(76(55)139-89-73(121)70(118)78(58(32-109)136-89)141-90-74(122)71(119)77(59(33-110)137-90)140-88-72(120)69(117)68(116)57(135-88)31-101-30-36-8-6-10-42(19-36)102-80(124)40-9-7-11-44(20-40)142-92(95,96)97)134-54-17-14-39(23-48(54)94)75(138-61-29-91(4,99)79(123)35(3)132-61)66-87(131)108-81(125)46-26-43(111)27-52(113)62(46)45-21-37(12-15-51(45)112)63(84(128)107-66)105-85(129)64(41)104-83(127)50(28-60(98)114)103-86(65)130/h6-17,19-27,34-35,49-50,57-59,61,63-75,77-79,81,88-90,100-101,109-113,115-123,125H,18,28-33,99H2,1-5H3,(H2,98,114)(H,102,124)(H,103,130)(H,104,127)(H,105,129)(H,106,126)(H,107,128)(H,108,131)/t35-,49+,50?,57+,58+,59+,61-,63?,64+,65?,66-,67+,68-,69-,70+,71+,72+,73+,74+,75+,77+,78+,79-,81-,88-,89-,90-,91-/m0/s1. The van der Waals surface area contributed by atoms with E-state index in [1.807, 2.05) is 0 Å². The number of likely N-dealkylation sites (N-methyl/N-ethyl adjacent to an activating group) is 1. The Hall–Kier alpha value is -11.6. The molecule has 9 heterocycles. The van der Waals surface area contributed by atoms with Crippen molar-refractivity contribution in [3.8, 4) is 62.9 Å². The topological polar surface area (TPSA) is 702 Å². The van der Waals surface area contributed by atoms with E-state index in [-0.39, 0.29) is 59.8 Å². The number of carbonyl (C=O) groups excluding carboxylic acids is 8. The van der Waals surface area contributed by atoms with Crippen molar-refractivity contribution in [2.24, 2.45) is 17.4 Å². The zero-order valence-electron chi connectivity index (χ0n) is 75.7. The summed E-state index contributed by atoms with van der Waals surface area (Å²) in [6.45, 7) is 3.77. The Balaban J connectivity index is 0.824. The number of amides is 8. The van der Waals surface area contributed by atoms with E-state index >= 15 is 24.0 Å². The number of aromatic hydroxyl groups is 3. The number of aliphatic hydroxyl groups is 12. The first-order chi connectivity index (χ1) is 67.2. The minimum absolute atomic E-state index is 0.0384. The van der Waals surface area contributed by atoms with Crippen LogP contribution >= 0.6 is 23.2 Å². The van der Waals surface area contributed by atoms with E-state index in [9.17, 15) is 104 Å². The Labute approximate surface area is 814 Å². The van der Waals surface area contributed by atoms with Crippen LogP contribution in [0.4, 0.5) is 18.9 Å². The number of aliphatic hydroxyl groups excluding tert-OH is 12. The van der Waals surface area contributed by atoms with E-state index in [0.29, 0.717) is 5.56 Å². The van der Waals surface area contributed by atoms with Gasteiger partial charge in [-0.05, 0) is 146 Å². The molecule has 45 nitrogen and oxygen atoms in total. The van der Waals surface area contributed by atoms with E-state index in [1.165, 1.54) is 57.3 Å². The number of nitrogens with one attached hydrogen (secondary N) is 9. The van der Waals surface area contributed by atoms with Gasteiger partial charge in [0.2, 0.25) is 53.4 Å². The summed E-state index contributed by atoms with van der Waals surface area (Å²) < 4.78 is 106. The number of alkyl halides is 3. The third-order valence-electron chi connectivity index (χ3n) is 24.7. The van der Waals surface area contributed by atoms with E-state index in [0.717, 1.165) is 84.9 Å². The smallest absolute Gasteiger partial charge is 0.508 e. The molecule has 4 saturated heterocycles. The Morgan fingerprint density at radius 1 is 0.606 bits per heavy atom. The summed E-state index contributed by atoms with van der Waals surface area (Å²) in [6, 6.07) is 11.7. The van der Waals surface area contributed by atoms with Gasteiger partial charge in [0.15, 0.2) is 36.6 Å². The van der Waals surface area contributed by atoms with Gasteiger partial charge < -0.3 is 188 Å². The first kappa shape index (κ1) is 106. The SMILES string of the molecule is CN[C@H](CC(C)C)C(=O)NC1C(=O)NC(CC(N)=O)C(=O)N[C@H]2C(=O)NC3C(=O)N[C@H](C(=O)N[C@@H](O)c4cc(O)cc(O)c4-c4cc3ccc4O)[C@H](O[C@H]3C[C@](C)(N)[C@@H](O)[C@H](C)O3)c3ccc(c(Cl)c3)Oc3cc2cc(c3O[C@@H]2O[C@H](CO)[C@@H](O[C@@H]3O[C@H](CO)[C@@H](O[C@@H]4O[C@H](CNCc5cccc(NC(=O)c6cccc(OC(F)(F)F)c6)c5)[C@H](O)[C@H](O)[C@H]4O)[C@H](O)[C@H]3O)[C@H](O)[C@H]2O)Oc2ccc(cc2Cl)[C@H]1O. The molecule has 142 heavy (non-hydrogen) atoms. The first-order valence-electron chi connectivity index (χ1n) is 44.5. The number of hydrogen-bond donors (Lipinski definition) is 26. The quantitative estimate of drug-likeness (QED) is 0.0365. The molecule has 3 unspecified atom stereocenters. The van der Waals surface area contributed by atoms with Crippen molar-refractivity contribution in [3.63, 3.8) is 0 Å². The van der Waals surface area contributed by atoms with Crippen LogP contribution in [0.1, 0.15) is 121 Å². The molecule has 28 N–H and O–H groups in total. The van der Waals surface area contributed by atoms with Gasteiger partial charge in [-0.15, -0.1) is 13.2 Å². The molecule has 0 aromatic heterocycles. The number of ether oxygens (including phenoxy) is 11. The number of primary amides is 1. The summed E-state index contributed by atoms with van der Waals surface area (Å²) >= 11 is 14.5. The number of hydrogen-bond acceptors (Lipinski definition) is 37. The lowest BCUT2D eigenvalue weighted by Gasteiger charge is -2.48. The minimum Gasteiger partial charge on any atom is -0.508 e. The van der Waals surface area contributed by atoms with Gasteiger partial charge in [-0.3, -0.25) is 38.4 Å². The minimum atomic E-state index is -5.03. The molecule has 28 atom stereocenters. The number of anilines is 1. The van der Waals surface area contributed by atoms with Crippen molar-refractivity contribution in [1.82, 2.24) is 42.5 Å². The van der Waals surface area contributed by atoms with Crippen molar-refractivity contribution in [3.05, 3.63) is 176 Å². The van der Waals surface area contributed by atoms with Crippen LogP contribution in [-0.2, 0) is 73.3 Å². The van der Waals surface area contributed by atoms with Crippen LogP contribution < -0.4 is 78.3 Å². The van der Waals surface area contributed by atoms with E-state index < -0.39 is 328 Å². The van der Waals surface area contributed by atoms with E-state index in [2.05, 4.69) is 52.6 Å². The van der Waals surface area contributed by atoms with Gasteiger partial charge in [-0.2, -0.15) is 0 Å². The molecule has 8 amide bonds. The maximum absolute atomic E-state index is 16.5. The van der Waals surface area contributed by atoms with Crippen LogP contribution in [0.25, 0.3) is 11.1 Å². The fourth-order valence-corrected chi connectivity index (χ4v) is 17.9. The maximum atomic E-state index is 16.5. The highest BCUT2D eigenvalue weighted by atomic mass is 35.5. The predicted molar refractivity (Wildman–Crippen MR) is 481 cm³/mol. The number of halogens is 5. The van der Waals surface area contributed by atoms with Crippen LogP contribution in [0.15, 0.2) is 127 Å². The Kier molecular flexibility index (Phi) is 33.1. The predicted octanol–water partition coefficient (Wildman–Crippen LogP) is -0.432. The molecule has 9 aliphatic heterocycles. The van der Waals surface area contributed by atoms with Gasteiger partial charge in [0.25, 0.3) is 5.91 Å². The number of carbonyl (C=O) groups is 8. The second-order valence-corrected chi connectivity index (χ2v) is 36.5. The summed E-state index contributed by atoms with van der Waals surface area (Å²) in [4.78, 5) is 120. The number of rotatable bonds is 24. The van der Waals surface area contributed by atoms with Crippen molar-refractivity contribution in [1.29, 1.82) is 0 Å². The van der Waals surface area contributed by atoms with Gasteiger partial charge >= 0.3 is 6.36 Å². The highest BCUT2D eigenvalue weighted by molar-refractivity contribution is 6.32. The molecule has 0 saturated carbocycles. The van der Waals surface area contributed by atoms with Crippen LogP contribution in [0.3, 0.4) is 0 Å². The Morgan fingerprint density at radius 3 is 1.82 bits per heavy atom. The van der Waals surface area contributed by atoms with Gasteiger partial charge in [0.1, 0.15) is 150 Å². The fraction of sp³-hybridized carbons (Fsp3) is 0.457. The second-order valence-electron chi connectivity index (χ2n) is 35.6. The molecule has 9 aliphatic rings. The van der Waals surface area contributed by atoms with Crippen LogP contribution in [0, 0.1) is 5.92 Å². The maximum Gasteiger partial charge on any atom is 0.573 e. The summed E-state index contributed by atoms with van der Waals surface area (Å²) in [6.07, 6.45) is -48.2. The van der Waals surface area contributed by atoms with Crippen molar-refractivity contribution >= 4 is 76.1 Å². The largest absolute Gasteiger partial charge is 0.573 e. The van der Waals surface area contributed by atoms with Gasteiger partial charge in [0, 0.05) is 59.1 Å². The molecule has 0 aliphatic carbocycles. The molecule has 0 spiro atoms. The van der Waals surface area contributed by atoms with Crippen molar-refractivity contribution < 1.29 is 180 Å². The summed E-state index contributed by atoms with van der Waals surface area (Å²) in [5.74, 6) is -16.4. The number of fused-ring (bicyclic) bond motifs is 15. The van der Waals surface area contributed by atoms with Gasteiger partial charge in [-0.1, -0.05) is 73.4 Å². The fourth-order valence-electron chi connectivity index (χ4n) is 17.4. The lowest BCUT2D eigenvalue weighted by atomic mass is 9.86. The second kappa shape index (κ2) is 44.3. The summed E-state index contributed by atoms with van der Waals surface area (Å²) in [7, 11) is 1.44. The van der Waals surface area contributed by atoms with E-state index in [1.54, 1.807) is 19.9 Å². The lowest BCUT2D eigenvalue weighted by Crippen LogP contribution is -2.67. The average Bonchev–Trinajstić information content (AvgIpc) is 0.467. The van der Waals surface area contributed by atoms with Crippen LogP contribution in [-0.4, -0.2) is 297 Å². The lowest BCUT2D eigenvalue weighted by molar-refractivity contribution is -0.375. The molecule has 0 radical (unpaired) electrons. The molecule has 768 valence electrons. The normalized spacial score (nSPS) is 31.0. The van der Waals surface area contributed by atoms with E-state index in [4.69, 9.17) is 82.0 Å². The Bertz CT molecular complexity index is 5820. The number of benzene rings is 7. The molecule has 4 fully saturated rings. The zero-order valence-corrected chi connectivity index (χ0v) is 77.3. The highest BCUT2D eigenvalue weighted by Gasteiger charge is 2.56. The monoisotopic (exact) mass is 2040 g/mol. The molecule has 16 rings (SSSR count). The van der Waals surface area contributed by atoms with Crippen molar-refractivity contribution in [2.45, 2.75) is 231 Å². The zero-order chi connectivity index (χ0) is 103. The third-order valence-corrected chi connectivity index (χ3v) is 25.3. The molecule has 7 aromatic rings. The number of phenols is 3. The molecule has 7 aromatic carbocycles. The number of nitrogens with two attached hydrogens (primary N) is 2. The average molecular weight is 2040 g/mol. The summed E-state index contributed by atoms with van der Waals surface area (Å²) in [5.41, 5.74) is 8.70. The summed E-state index contributed by atoms with van der Waals surface area (Å²) in [5, 5.41) is 197. The molecule has 11 bridgehead atoms. The van der Waals surface area contributed by atoms with Gasteiger partial charge in [-0.25, -0.2) is 0 Å². The molecule has 50 heteroatoms. The van der Waals surface area contributed by atoms with Crippen molar-refractivity contribution in [2.75, 3.05) is 32.1 Å². The molecular formula is C92H106Cl2F3N11O34. The van der Waals surface area contributed by atoms with Crippen LogP contribution in [0.2, 0.25) is 10.0 Å². The Morgan fingerprint density at radius 2 is 1.20 bits per heavy atom. The number of phenolic OH excluding ortho intramolecular Hbond substituents is 3. The highest BCUT2D eigenvalue weighted by Crippen LogP contribution is 2.51. The first-order valence-corrected chi connectivity index (χ1v) is 45.3. The third kappa shape index (κ3) is 23.9. The van der Waals surface area contributed by atoms with Crippen LogP contribution in [0.5, 0.6) is 51.7 Å². The van der Waals surface area contributed by atoms with Gasteiger partial charge in [0.05, 0.1) is 47.9 Å². The molecular weight excluding hydrogens is 1930 g/mol.